The third kappa shape index (κ3) is 5.88. The molecule has 1 aromatic rings. The molecule has 0 aliphatic rings. The van der Waals surface area contributed by atoms with Crippen LogP contribution in [0.3, 0.4) is 0 Å². The number of hydrogen-bond donors (Lipinski definition) is 3. The van der Waals surface area contributed by atoms with Gasteiger partial charge in [0.15, 0.2) is 5.76 Å². The summed E-state index contributed by atoms with van der Waals surface area (Å²) in [5, 5.41) is 14.0. The Morgan fingerprint density at radius 3 is 2.70 bits per heavy atom. The Morgan fingerprint density at radius 2 is 2.10 bits per heavy atom. The van der Waals surface area contributed by atoms with Crippen LogP contribution in [0.15, 0.2) is 22.8 Å². The minimum absolute atomic E-state index is 0.0800. The van der Waals surface area contributed by atoms with Gasteiger partial charge in [-0.3, -0.25) is 9.59 Å². The summed E-state index contributed by atoms with van der Waals surface area (Å²) in [5.74, 6) is -0.479. The molecule has 0 radical (unpaired) electrons. The number of carbonyl (C=O) groups is 2. The molecule has 0 bridgehead atoms. The van der Waals surface area contributed by atoms with E-state index in [-0.39, 0.29) is 30.2 Å². The second kappa shape index (κ2) is 7.69. The number of aliphatic hydroxyl groups is 1. The highest BCUT2D eigenvalue weighted by Gasteiger charge is 2.18. The molecule has 0 aliphatic carbocycles. The SMILES string of the molecule is CC(C)(CCCO)CNC(=O)CNC(=O)c1ccco1. The molecule has 1 rings (SSSR count). The van der Waals surface area contributed by atoms with Gasteiger partial charge in [-0.2, -0.15) is 0 Å². The van der Waals surface area contributed by atoms with E-state index >= 15 is 0 Å². The number of carbonyl (C=O) groups excluding carboxylic acids is 2. The average Bonchev–Trinajstić information content (AvgIpc) is 2.94. The maximum atomic E-state index is 11.6. The highest BCUT2D eigenvalue weighted by molar-refractivity contribution is 5.94. The molecule has 1 aromatic heterocycles. The zero-order valence-corrected chi connectivity index (χ0v) is 11.9. The van der Waals surface area contributed by atoms with Crippen LogP contribution in [0, 0.1) is 5.41 Å². The lowest BCUT2D eigenvalue weighted by Crippen LogP contribution is -2.40. The van der Waals surface area contributed by atoms with Gasteiger partial charge in [0.25, 0.3) is 5.91 Å². The highest BCUT2D eigenvalue weighted by atomic mass is 16.3. The van der Waals surface area contributed by atoms with Gasteiger partial charge in [-0.1, -0.05) is 13.8 Å². The van der Waals surface area contributed by atoms with Crippen molar-refractivity contribution in [2.24, 2.45) is 5.41 Å². The van der Waals surface area contributed by atoms with Gasteiger partial charge in [0.1, 0.15) is 0 Å². The molecular weight excluding hydrogens is 260 g/mol. The summed E-state index contributed by atoms with van der Waals surface area (Å²) < 4.78 is 4.92. The van der Waals surface area contributed by atoms with Gasteiger partial charge in [-0.25, -0.2) is 0 Å². The van der Waals surface area contributed by atoms with Crippen LogP contribution < -0.4 is 10.6 Å². The molecule has 1 heterocycles. The second-order valence-corrected chi connectivity index (χ2v) is 5.43. The number of aliphatic hydroxyl groups excluding tert-OH is 1. The topological polar surface area (TPSA) is 91.6 Å². The fraction of sp³-hybridized carbons (Fsp3) is 0.571. The van der Waals surface area contributed by atoms with Crippen LogP contribution in [0.25, 0.3) is 0 Å². The van der Waals surface area contributed by atoms with Crippen LogP contribution >= 0.6 is 0 Å². The Kier molecular flexibility index (Phi) is 6.24. The van der Waals surface area contributed by atoms with Gasteiger partial charge in [0.05, 0.1) is 12.8 Å². The molecule has 0 saturated carbocycles. The van der Waals surface area contributed by atoms with E-state index in [4.69, 9.17) is 9.52 Å². The fourth-order valence-electron chi connectivity index (χ4n) is 1.70. The number of hydrogen-bond acceptors (Lipinski definition) is 4. The summed E-state index contributed by atoms with van der Waals surface area (Å²) in [6, 6.07) is 3.14. The molecule has 0 spiro atoms. The van der Waals surface area contributed by atoms with Crippen LogP contribution in [0.2, 0.25) is 0 Å². The molecule has 20 heavy (non-hydrogen) atoms. The zero-order valence-electron chi connectivity index (χ0n) is 11.9. The number of amides is 2. The molecule has 0 saturated heterocycles. The molecule has 6 nitrogen and oxygen atoms in total. The second-order valence-electron chi connectivity index (χ2n) is 5.43. The Morgan fingerprint density at radius 1 is 1.35 bits per heavy atom. The van der Waals surface area contributed by atoms with Crippen molar-refractivity contribution in [3.8, 4) is 0 Å². The first kappa shape index (κ1) is 16.2. The minimum Gasteiger partial charge on any atom is -0.459 e. The number of rotatable bonds is 8. The molecule has 0 fully saturated rings. The summed E-state index contributed by atoms with van der Waals surface area (Å²) in [6.07, 6.45) is 2.93. The molecule has 6 heteroatoms. The van der Waals surface area contributed by atoms with E-state index in [1.807, 2.05) is 13.8 Å². The van der Waals surface area contributed by atoms with Crippen molar-refractivity contribution in [3.63, 3.8) is 0 Å². The van der Waals surface area contributed by atoms with Gasteiger partial charge in [-0.15, -0.1) is 0 Å². The van der Waals surface area contributed by atoms with E-state index in [1.54, 1.807) is 6.07 Å². The highest BCUT2D eigenvalue weighted by Crippen LogP contribution is 2.20. The molecule has 2 amide bonds. The number of nitrogens with one attached hydrogen (secondary N) is 2. The standard InChI is InChI=1S/C14H22N2O4/c1-14(2,6-4-7-17)10-16-12(18)9-15-13(19)11-5-3-8-20-11/h3,5,8,17H,4,6-7,9-10H2,1-2H3,(H,15,19)(H,16,18). The predicted molar refractivity (Wildman–Crippen MR) is 74.2 cm³/mol. The first-order valence-corrected chi connectivity index (χ1v) is 6.64. The molecular formula is C14H22N2O4. The Hall–Kier alpha value is -1.82. The summed E-state index contributed by atoms with van der Waals surface area (Å²) >= 11 is 0. The Labute approximate surface area is 118 Å². The van der Waals surface area contributed by atoms with E-state index < -0.39 is 5.91 Å². The maximum Gasteiger partial charge on any atom is 0.287 e. The molecule has 0 unspecified atom stereocenters. The molecule has 0 atom stereocenters. The average molecular weight is 282 g/mol. The van der Waals surface area contributed by atoms with Gasteiger partial charge in [-0.05, 0) is 30.4 Å². The van der Waals surface area contributed by atoms with Gasteiger partial charge >= 0.3 is 0 Å². The normalized spacial score (nSPS) is 11.2. The Bertz CT molecular complexity index is 426. The molecule has 0 aliphatic heterocycles. The Balaban J connectivity index is 2.25. The van der Waals surface area contributed by atoms with E-state index in [0.29, 0.717) is 13.0 Å². The zero-order chi connectivity index (χ0) is 15.0. The molecule has 112 valence electrons. The van der Waals surface area contributed by atoms with E-state index in [2.05, 4.69) is 10.6 Å². The lowest BCUT2D eigenvalue weighted by atomic mass is 9.88. The quantitative estimate of drug-likeness (QED) is 0.661. The van der Waals surface area contributed by atoms with Crippen LogP contribution in [0.4, 0.5) is 0 Å². The van der Waals surface area contributed by atoms with Crippen LogP contribution in [0.1, 0.15) is 37.2 Å². The van der Waals surface area contributed by atoms with Gasteiger partial charge in [0.2, 0.25) is 5.91 Å². The maximum absolute atomic E-state index is 11.6. The van der Waals surface area contributed by atoms with Crippen molar-refractivity contribution in [1.82, 2.24) is 10.6 Å². The smallest absolute Gasteiger partial charge is 0.287 e. The third-order valence-electron chi connectivity index (χ3n) is 2.93. The predicted octanol–water partition coefficient (Wildman–Crippen LogP) is 0.924. The van der Waals surface area contributed by atoms with Gasteiger partial charge in [0, 0.05) is 13.2 Å². The van der Waals surface area contributed by atoms with E-state index in [9.17, 15) is 9.59 Å². The number of furan rings is 1. The van der Waals surface area contributed by atoms with Crippen LogP contribution in [-0.4, -0.2) is 36.6 Å². The van der Waals surface area contributed by atoms with Crippen molar-refractivity contribution in [3.05, 3.63) is 24.2 Å². The summed E-state index contributed by atoms with van der Waals surface area (Å²) in [6.45, 7) is 4.60. The minimum atomic E-state index is -0.412. The van der Waals surface area contributed by atoms with E-state index in [1.165, 1.54) is 12.3 Å². The van der Waals surface area contributed by atoms with Crippen molar-refractivity contribution in [2.75, 3.05) is 19.7 Å². The van der Waals surface area contributed by atoms with Crippen LogP contribution in [0.5, 0.6) is 0 Å². The van der Waals surface area contributed by atoms with E-state index in [0.717, 1.165) is 6.42 Å². The summed E-state index contributed by atoms with van der Waals surface area (Å²) in [7, 11) is 0. The first-order valence-electron chi connectivity index (χ1n) is 6.64. The third-order valence-corrected chi connectivity index (χ3v) is 2.93. The summed E-state index contributed by atoms with van der Waals surface area (Å²) in [4.78, 5) is 23.2. The largest absolute Gasteiger partial charge is 0.459 e. The van der Waals surface area contributed by atoms with Crippen LogP contribution in [-0.2, 0) is 4.79 Å². The fourth-order valence-corrected chi connectivity index (χ4v) is 1.70. The molecule has 0 aromatic carbocycles. The summed E-state index contributed by atoms with van der Waals surface area (Å²) in [5.41, 5.74) is -0.0800. The van der Waals surface area contributed by atoms with Crippen molar-refractivity contribution >= 4 is 11.8 Å². The first-order chi connectivity index (χ1) is 9.44. The van der Waals surface area contributed by atoms with Crippen molar-refractivity contribution in [2.45, 2.75) is 26.7 Å². The van der Waals surface area contributed by atoms with Gasteiger partial charge < -0.3 is 20.2 Å². The monoisotopic (exact) mass is 282 g/mol. The van der Waals surface area contributed by atoms with Crippen molar-refractivity contribution < 1.29 is 19.1 Å². The lowest BCUT2D eigenvalue weighted by molar-refractivity contribution is -0.120. The molecule has 3 N–H and O–H groups in total. The van der Waals surface area contributed by atoms with Crippen molar-refractivity contribution in [1.29, 1.82) is 0 Å². The lowest BCUT2D eigenvalue weighted by Gasteiger charge is -2.24.